The molecule has 1 unspecified atom stereocenters. The minimum atomic E-state index is -0.699. The summed E-state index contributed by atoms with van der Waals surface area (Å²) in [5.41, 5.74) is 1.45. The Bertz CT molecular complexity index is 730. The van der Waals surface area contributed by atoms with Gasteiger partial charge >= 0.3 is 0 Å². The molecule has 6 rings (SSSR count). The highest BCUT2D eigenvalue weighted by Gasteiger charge is 2.71. The van der Waals surface area contributed by atoms with Gasteiger partial charge in [0, 0.05) is 18.2 Å². The standard InChI is InChI=1S/C20H25NO3/c22-14-6-5-13-10-15-20(23)7-1-2-16-19(20,17(13)18(14)24-16)8-9-21(15)11-12-3-4-12/h5-6,12,15-16,22-23H,1-4,7-11H2/t15-,16+,19?,20-/m0/s1. The van der Waals surface area contributed by atoms with Gasteiger partial charge in [-0.2, -0.15) is 0 Å². The van der Waals surface area contributed by atoms with Crippen LogP contribution in [0.2, 0.25) is 0 Å². The monoisotopic (exact) mass is 327 g/mol. The highest BCUT2D eigenvalue weighted by Crippen LogP contribution is 2.65. The van der Waals surface area contributed by atoms with E-state index in [-0.39, 0.29) is 23.3 Å². The minimum absolute atomic E-state index is 0.0316. The van der Waals surface area contributed by atoms with Gasteiger partial charge in [0.25, 0.3) is 0 Å². The lowest BCUT2D eigenvalue weighted by Gasteiger charge is -2.63. The molecule has 1 spiro atoms. The molecule has 4 heteroatoms. The molecule has 0 amide bonds. The van der Waals surface area contributed by atoms with Crippen molar-refractivity contribution in [2.45, 2.75) is 68.1 Å². The summed E-state index contributed by atoms with van der Waals surface area (Å²) < 4.78 is 6.27. The molecule has 128 valence electrons. The highest BCUT2D eigenvalue weighted by molar-refractivity contribution is 5.62. The normalized spacial score (nSPS) is 42.5. The minimum Gasteiger partial charge on any atom is -0.504 e. The van der Waals surface area contributed by atoms with Crippen LogP contribution < -0.4 is 4.74 Å². The second-order valence-corrected chi connectivity index (χ2v) is 8.75. The predicted molar refractivity (Wildman–Crippen MR) is 89.4 cm³/mol. The Balaban J connectivity index is 1.56. The molecule has 4 nitrogen and oxygen atoms in total. The van der Waals surface area contributed by atoms with E-state index < -0.39 is 5.60 Å². The number of nitrogens with zero attached hydrogens (tertiary/aromatic N) is 1. The van der Waals surface area contributed by atoms with Crippen molar-refractivity contribution in [1.82, 2.24) is 4.90 Å². The molecule has 2 heterocycles. The molecule has 2 aliphatic heterocycles. The van der Waals surface area contributed by atoms with E-state index in [1.54, 1.807) is 6.07 Å². The Morgan fingerprint density at radius 2 is 2.08 bits per heavy atom. The van der Waals surface area contributed by atoms with Gasteiger partial charge in [0.1, 0.15) is 6.10 Å². The van der Waals surface area contributed by atoms with E-state index in [0.717, 1.165) is 56.7 Å². The fourth-order valence-electron chi connectivity index (χ4n) is 6.48. The van der Waals surface area contributed by atoms with Crippen LogP contribution in [0.1, 0.15) is 49.7 Å². The van der Waals surface area contributed by atoms with Crippen molar-refractivity contribution in [2.75, 3.05) is 13.1 Å². The molecule has 0 radical (unpaired) electrons. The first-order valence-corrected chi connectivity index (χ1v) is 9.62. The van der Waals surface area contributed by atoms with Crippen LogP contribution in [0.3, 0.4) is 0 Å². The van der Waals surface area contributed by atoms with Gasteiger partial charge in [0.2, 0.25) is 0 Å². The van der Waals surface area contributed by atoms with Crippen molar-refractivity contribution in [3.8, 4) is 11.5 Å². The number of phenols is 1. The molecule has 2 bridgehead atoms. The number of rotatable bonds is 2. The molecule has 2 N–H and O–H groups in total. The first-order chi connectivity index (χ1) is 11.6. The van der Waals surface area contributed by atoms with Crippen molar-refractivity contribution in [3.63, 3.8) is 0 Å². The van der Waals surface area contributed by atoms with Crippen LogP contribution in [0.4, 0.5) is 0 Å². The lowest BCUT2D eigenvalue weighted by Crippen LogP contribution is -2.75. The number of phenolic OH excluding ortho intramolecular Hbond substituents is 1. The van der Waals surface area contributed by atoms with Gasteiger partial charge in [-0.1, -0.05) is 6.07 Å². The van der Waals surface area contributed by atoms with Crippen molar-refractivity contribution < 1.29 is 14.9 Å². The van der Waals surface area contributed by atoms with Crippen molar-refractivity contribution in [2.24, 2.45) is 5.92 Å². The summed E-state index contributed by atoms with van der Waals surface area (Å²) in [5.74, 6) is 1.77. The zero-order chi connectivity index (χ0) is 16.1. The molecule has 3 fully saturated rings. The van der Waals surface area contributed by atoms with E-state index in [9.17, 15) is 10.2 Å². The summed E-state index contributed by atoms with van der Waals surface area (Å²) in [6.45, 7) is 2.20. The third-order valence-electron chi connectivity index (χ3n) is 7.66. The Hall–Kier alpha value is -1.26. The number of benzene rings is 1. The summed E-state index contributed by atoms with van der Waals surface area (Å²) in [4.78, 5) is 2.58. The zero-order valence-corrected chi connectivity index (χ0v) is 14.0. The van der Waals surface area contributed by atoms with E-state index in [0.29, 0.717) is 5.75 Å². The molecule has 2 saturated carbocycles. The van der Waals surface area contributed by atoms with Gasteiger partial charge in [-0.05, 0) is 69.0 Å². The zero-order valence-electron chi connectivity index (χ0n) is 14.0. The summed E-state index contributed by atoms with van der Waals surface area (Å²) in [7, 11) is 0. The fraction of sp³-hybridized carbons (Fsp3) is 0.700. The van der Waals surface area contributed by atoms with E-state index in [1.165, 1.54) is 18.4 Å². The first-order valence-electron chi connectivity index (χ1n) is 9.62. The smallest absolute Gasteiger partial charge is 0.165 e. The van der Waals surface area contributed by atoms with Gasteiger partial charge in [-0.3, -0.25) is 4.90 Å². The molecule has 0 aromatic heterocycles. The number of hydrogen-bond acceptors (Lipinski definition) is 4. The number of likely N-dealkylation sites (tertiary alicyclic amines) is 1. The molecule has 1 aromatic carbocycles. The summed E-state index contributed by atoms with van der Waals surface area (Å²) in [6, 6.07) is 4.07. The Morgan fingerprint density at radius 1 is 1.21 bits per heavy atom. The quantitative estimate of drug-likeness (QED) is 0.875. The van der Waals surface area contributed by atoms with Gasteiger partial charge in [0.15, 0.2) is 11.5 Å². The SMILES string of the molecule is Oc1ccc2c3c1O[C@@H]1CCC[C@]4(O)[C@H](C2)N(CC2CC2)CCC314. The Kier molecular flexibility index (Phi) is 2.49. The van der Waals surface area contributed by atoms with Gasteiger partial charge in [-0.15, -0.1) is 0 Å². The second-order valence-electron chi connectivity index (χ2n) is 8.75. The van der Waals surface area contributed by atoms with E-state index >= 15 is 0 Å². The van der Waals surface area contributed by atoms with Crippen LogP contribution >= 0.6 is 0 Å². The molecule has 5 aliphatic rings. The molecular weight excluding hydrogens is 302 g/mol. The van der Waals surface area contributed by atoms with Gasteiger partial charge in [-0.25, -0.2) is 0 Å². The Morgan fingerprint density at radius 3 is 2.92 bits per heavy atom. The molecule has 4 atom stereocenters. The van der Waals surface area contributed by atoms with Crippen molar-refractivity contribution >= 4 is 0 Å². The molecule has 1 saturated heterocycles. The molecule has 3 aliphatic carbocycles. The number of aromatic hydroxyl groups is 1. The van der Waals surface area contributed by atoms with Crippen LogP contribution in [0.15, 0.2) is 12.1 Å². The maximum atomic E-state index is 12.0. The average Bonchev–Trinajstić information content (AvgIpc) is 3.30. The predicted octanol–water partition coefficient (Wildman–Crippen LogP) is 2.35. The third kappa shape index (κ3) is 1.45. The molecule has 1 aromatic rings. The van der Waals surface area contributed by atoms with Crippen LogP contribution in [0, 0.1) is 5.92 Å². The lowest BCUT2D eigenvalue weighted by atomic mass is 9.49. The van der Waals surface area contributed by atoms with Crippen LogP contribution in [0.25, 0.3) is 0 Å². The maximum Gasteiger partial charge on any atom is 0.165 e. The second kappa shape index (κ2) is 4.28. The average molecular weight is 327 g/mol. The highest BCUT2D eigenvalue weighted by atomic mass is 16.5. The van der Waals surface area contributed by atoms with Crippen LogP contribution in [0.5, 0.6) is 11.5 Å². The molecule has 24 heavy (non-hydrogen) atoms. The third-order valence-corrected chi connectivity index (χ3v) is 7.66. The van der Waals surface area contributed by atoms with E-state index in [2.05, 4.69) is 11.0 Å². The van der Waals surface area contributed by atoms with E-state index in [4.69, 9.17) is 4.74 Å². The summed E-state index contributed by atoms with van der Waals surface area (Å²) in [6.07, 6.45) is 7.47. The number of piperidine rings is 1. The number of hydrogen-bond donors (Lipinski definition) is 2. The number of aliphatic hydroxyl groups is 1. The van der Waals surface area contributed by atoms with Crippen molar-refractivity contribution in [1.29, 1.82) is 0 Å². The van der Waals surface area contributed by atoms with E-state index in [1.807, 2.05) is 0 Å². The first kappa shape index (κ1) is 14.0. The molecular formula is C20H25NO3. The topological polar surface area (TPSA) is 52.9 Å². The lowest BCUT2D eigenvalue weighted by molar-refractivity contribution is -0.185. The van der Waals surface area contributed by atoms with Gasteiger partial charge < -0.3 is 14.9 Å². The van der Waals surface area contributed by atoms with Crippen LogP contribution in [-0.4, -0.2) is 45.9 Å². The van der Waals surface area contributed by atoms with Crippen LogP contribution in [-0.2, 0) is 11.8 Å². The van der Waals surface area contributed by atoms with Gasteiger partial charge in [0.05, 0.1) is 11.0 Å². The summed E-state index contributed by atoms with van der Waals surface area (Å²) >= 11 is 0. The Labute approximate surface area is 142 Å². The number of ether oxygens (including phenoxy) is 1. The van der Waals surface area contributed by atoms with Crippen molar-refractivity contribution in [3.05, 3.63) is 23.3 Å². The maximum absolute atomic E-state index is 12.0. The fourth-order valence-corrected chi connectivity index (χ4v) is 6.48. The largest absolute Gasteiger partial charge is 0.504 e. The summed E-state index contributed by atoms with van der Waals surface area (Å²) in [5, 5.41) is 22.4.